The molecule has 0 aliphatic carbocycles. The number of nitrogen functional groups attached to an aromatic ring is 2. The third-order valence-corrected chi connectivity index (χ3v) is 2.10. The molecule has 0 aliphatic heterocycles. The van der Waals surface area contributed by atoms with Crippen LogP contribution in [0.4, 0.5) is 17.6 Å². The van der Waals surface area contributed by atoms with Crippen molar-refractivity contribution in [3.8, 4) is 0 Å². The molecule has 8 heteroatoms. The van der Waals surface area contributed by atoms with Crippen LogP contribution in [0.1, 0.15) is 0 Å². The normalized spacial score (nSPS) is 10.2. The van der Waals surface area contributed by atoms with Crippen LogP contribution in [0.15, 0.2) is 24.5 Å². The van der Waals surface area contributed by atoms with Crippen molar-refractivity contribution in [1.29, 1.82) is 0 Å². The van der Waals surface area contributed by atoms with Gasteiger partial charge in [0, 0.05) is 25.0 Å². The average Bonchev–Trinajstić information content (AvgIpc) is 2.81. The lowest BCUT2D eigenvalue weighted by Crippen LogP contribution is -2.14. The Morgan fingerprint density at radius 3 is 2.82 bits per heavy atom. The third-order valence-electron chi connectivity index (χ3n) is 2.10. The molecule has 0 fully saturated rings. The lowest BCUT2D eigenvalue weighted by Gasteiger charge is -2.07. The van der Waals surface area contributed by atoms with Gasteiger partial charge in [-0.25, -0.2) is 5.84 Å². The zero-order valence-corrected chi connectivity index (χ0v) is 9.17. The zero-order chi connectivity index (χ0) is 12.1. The predicted octanol–water partition coefficient (Wildman–Crippen LogP) is -0.347. The second-order valence-electron chi connectivity index (χ2n) is 3.34. The van der Waals surface area contributed by atoms with Gasteiger partial charge in [0.1, 0.15) is 11.6 Å². The van der Waals surface area contributed by atoms with Crippen LogP contribution in [0.25, 0.3) is 0 Å². The van der Waals surface area contributed by atoms with Crippen LogP contribution >= 0.6 is 0 Å². The molecule has 0 spiro atoms. The van der Waals surface area contributed by atoms with Crippen LogP contribution in [0.3, 0.4) is 0 Å². The van der Waals surface area contributed by atoms with Gasteiger partial charge in [0.15, 0.2) is 0 Å². The van der Waals surface area contributed by atoms with Gasteiger partial charge in [0.05, 0.1) is 6.54 Å². The van der Waals surface area contributed by atoms with Crippen LogP contribution in [-0.4, -0.2) is 26.3 Å². The maximum absolute atomic E-state index is 5.53. The largest absolute Gasteiger partial charge is 0.368 e. The Labute approximate surface area is 98.0 Å². The average molecular weight is 234 g/mol. The van der Waals surface area contributed by atoms with E-state index >= 15 is 0 Å². The molecule has 2 aromatic heterocycles. The first-order chi connectivity index (χ1) is 8.28. The number of rotatable bonds is 5. The van der Waals surface area contributed by atoms with E-state index in [0.29, 0.717) is 18.2 Å². The second kappa shape index (κ2) is 5.12. The summed E-state index contributed by atoms with van der Waals surface area (Å²) in [7, 11) is 0. The zero-order valence-electron chi connectivity index (χ0n) is 9.17. The lowest BCUT2D eigenvalue weighted by molar-refractivity contribution is 0.637. The smallest absolute Gasteiger partial charge is 0.223 e. The van der Waals surface area contributed by atoms with Crippen molar-refractivity contribution >= 4 is 17.6 Å². The minimum absolute atomic E-state index is 0.169. The fraction of sp³-hybridized carbons (Fsp3) is 0.222. The minimum atomic E-state index is 0.169. The summed E-state index contributed by atoms with van der Waals surface area (Å²) in [5, 5.41) is 7.20. The maximum atomic E-state index is 5.53. The van der Waals surface area contributed by atoms with E-state index in [9.17, 15) is 0 Å². The fourth-order valence-electron chi connectivity index (χ4n) is 1.36. The molecule has 17 heavy (non-hydrogen) atoms. The highest BCUT2D eigenvalue weighted by atomic mass is 15.3. The number of anilines is 3. The summed E-state index contributed by atoms with van der Waals surface area (Å²) in [6, 6.07) is 3.55. The molecule has 6 N–H and O–H groups in total. The van der Waals surface area contributed by atoms with E-state index < -0.39 is 0 Å². The van der Waals surface area contributed by atoms with Crippen LogP contribution in [-0.2, 0) is 6.54 Å². The fourth-order valence-corrected chi connectivity index (χ4v) is 1.36. The number of nitrogens with two attached hydrogens (primary N) is 2. The maximum Gasteiger partial charge on any atom is 0.223 e. The Kier molecular flexibility index (Phi) is 3.36. The molecule has 8 nitrogen and oxygen atoms in total. The predicted molar refractivity (Wildman–Crippen MR) is 65.0 cm³/mol. The molecule has 0 radical (unpaired) electrons. The Bertz CT molecular complexity index is 466. The van der Waals surface area contributed by atoms with Crippen molar-refractivity contribution in [2.75, 3.05) is 23.0 Å². The quantitative estimate of drug-likeness (QED) is 0.412. The number of nitrogens with zero attached hydrogens (tertiary/aromatic N) is 4. The van der Waals surface area contributed by atoms with Gasteiger partial charge >= 0.3 is 0 Å². The Morgan fingerprint density at radius 2 is 2.12 bits per heavy atom. The highest BCUT2D eigenvalue weighted by Gasteiger charge is 2.00. The van der Waals surface area contributed by atoms with E-state index in [1.165, 1.54) is 0 Å². The molecule has 0 aliphatic rings. The van der Waals surface area contributed by atoms with Crippen molar-refractivity contribution in [3.05, 3.63) is 24.5 Å². The van der Waals surface area contributed by atoms with Crippen molar-refractivity contribution in [2.45, 2.75) is 6.54 Å². The van der Waals surface area contributed by atoms with Crippen LogP contribution in [0, 0.1) is 0 Å². The van der Waals surface area contributed by atoms with E-state index in [0.717, 1.165) is 6.54 Å². The molecule has 0 amide bonds. The van der Waals surface area contributed by atoms with E-state index in [-0.39, 0.29) is 5.95 Å². The van der Waals surface area contributed by atoms with Crippen LogP contribution in [0.5, 0.6) is 0 Å². The molecule has 0 atom stereocenters. The van der Waals surface area contributed by atoms with Gasteiger partial charge in [-0.2, -0.15) is 15.1 Å². The van der Waals surface area contributed by atoms with Gasteiger partial charge in [0.25, 0.3) is 0 Å². The van der Waals surface area contributed by atoms with Gasteiger partial charge in [-0.1, -0.05) is 0 Å². The molecule has 90 valence electrons. The van der Waals surface area contributed by atoms with Crippen molar-refractivity contribution in [1.82, 2.24) is 19.7 Å². The summed E-state index contributed by atoms with van der Waals surface area (Å²) in [4.78, 5) is 7.91. The van der Waals surface area contributed by atoms with Crippen molar-refractivity contribution < 1.29 is 0 Å². The van der Waals surface area contributed by atoms with Crippen LogP contribution in [0.2, 0.25) is 0 Å². The number of hydrogen-bond donors (Lipinski definition) is 4. The number of nitrogens with one attached hydrogen (secondary N) is 2. The molecule has 0 saturated heterocycles. The number of hydrogen-bond acceptors (Lipinski definition) is 7. The summed E-state index contributed by atoms with van der Waals surface area (Å²) in [5.74, 6) is 6.52. The monoisotopic (exact) mass is 234 g/mol. The first-order valence-electron chi connectivity index (χ1n) is 5.10. The lowest BCUT2D eigenvalue weighted by atomic mass is 10.5. The minimum Gasteiger partial charge on any atom is -0.368 e. The second-order valence-corrected chi connectivity index (χ2v) is 3.34. The van der Waals surface area contributed by atoms with Crippen molar-refractivity contribution in [2.24, 2.45) is 5.84 Å². The summed E-state index contributed by atoms with van der Waals surface area (Å²) >= 11 is 0. The van der Waals surface area contributed by atoms with Gasteiger partial charge in [-0.05, 0) is 6.07 Å². The SMILES string of the molecule is NNc1cc(NCCn2cccn2)nc(N)n1. The molecular weight excluding hydrogens is 220 g/mol. The Hall–Kier alpha value is -2.35. The Balaban J connectivity index is 1.92. The van der Waals surface area contributed by atoms with Crippen LogP contribution < -0.4 is 22.3 Å². The number of aromatic nitrogens is 4. The molecule has 0 unspecified atom stereocenters. The summed E-state index contributed by atoms with van der Waals surface area (Å²) in [6.07, 6.45) is 3.63. The topological polar surface area (TPSA) is 120 Å². The molecule has 2 rings (SSSR count). The van der Waals surface area contributed by atoms with Gasteiger partial charge in [-0.3, -0.25) is 4.68 Å². The third kappa shape index (κ3) is 3.05. The van der Waals surface area contributed by atoms with Crippen molar-refractivity contribution in [3.63, 3.8) is 0 Å². The Morgan fingerprint density at radius 1 is 1.29 bits per heavy atom. The van der Waals surface area contributed by atoms with E-state index in [4.69, 9.17) is 11.6 Å². The van der Waals surface area contributed by atoms with E-state index in [1.807, 2.05) is 16.9 Å². The molecule has 2 aromatic rings. The highest BCUT2D eigenvalue weighted by Crippen LogP contribution is 2.10. The van der Waals surface area contributed by atoms with Gasteiger partial charge in [0.2, 0.25) is 5.95 Å². The molecule has 0 aromatic carbocycles. The molecule has 0 bridgehead atoms. The van der Waals surface area contributed by atoms with Gasteiger partial charge < -0.3 is 16.5 Å². The summed E-state index contributed by atoms with van der Waals surface area (Å²) in [6.45, 7) is 1.42. The van der Waals surface area contributed by atoms with E-state index in [2.05, 4.69) is 25.8 Å². The summed E-state index contributed by atoms with van der Waals surface area (Å²) in [5.41, 5.74) is 7.95. The summed E-state index contributed by atoms with van der Waals surface area (Å²) < 4.78 is 1.82. The standard InChI is InChI=1S/C9H14N8/c10-9-14-7(6-8(15-9)16-11)12-3-5-17-4-1-2-13-17/h1-2,4,6H,3,5,11H2,(H4,10,12,14,15,16). The first kappa shape index (κ1) is 11.1. The van der Waals surface area contributed by atoms with E-state index in [1.54, 1.807) is 12.3 Å². The van der Waals surface area contributed by atoms with Gasteiger partial charge in [-0.15, -0.1) is 0 Å². The molecule has 0 saturated carbocycles. The highest BCUT2D eigenvalue weighted by molar-refractivity contribution is 5.50. The first-order valence-corrected chi connectivity index (χ1v) is 5.10. The number of hydrazine groups is 1. The molecule has 2 heterocycles. The molecular formula is C9H14N8.